The van der Waals surface area contributed by atoms with Gasteiger partial charge in [-0.25, -0.2) is 13.2 Å². The van der Waals surface area contributed by atoms with Crippen LogP contribution in [0.3, 0.4) is 0 Å². The first-order valence-corrected chi connectivity index (χ1v) is 11.7. The van der Waals surface area contributed by atoms with Crippen LogP contribution in [0, 0.1) is 0 Å². The van der Waals surface area contributed by atoms with Crippen LogP contribution in [0.15, 0.2) is 53.4 Å². The second kappa shape index (κ2) is 9.80. The molecule has 0 saturated carbocycles. The summed E-state index contributed by atoms with van der Waals surface area (Å²) in [5.74, 6) is -0.530. The Morgan fingerprint density at radius 2 is 1.77 bits per heavy atom. The van der Waals surface area contributed by atoms with Crippen molar-refractivity contribution < 1.29 is 22.7 Å². The summed E-state index contributed by atoms with van der Waals surface area (Å²) in [4.78, 5) is 25.4. The number of halogens is 1. The summed E-state index contributed by atoms with van der Waals surface area (Å²) in [6.07, 6.45) is 1.37. The Kier molecular flexibility index (Phi) is 7.35. The first-order valence-electron chi connectivity index (χ1n) is 9.92. The number of carbonyl (C=O) groups is 2. The highest BCUT2D eigenvalue weighted by molar-refractivity contribution is 7.89. The molecule has 0 aliphatic carbocycles. The van der Waals surface area contributed by atoms with E-state index in [0.29, 0.717) is 30.1 Å². The van der Waals surface area contributed by atoms with Gasteiger partial charge in [-0.2, -0.15) is 4.31 Å². The lowest BCUT2D eigenvalue weighted by molar-refractivity contribution is -0.130. The molecule has 1 atom stereocenters. The van der Waals surface area contributed by atoms with Crippen LogP contribution in [0.5, 0.6) is 0 Å². The van der Waals surface area contributed by atoms with Crippen molar-refractivity contribution in [3.8, 4) is 0 Å². The van der Waals surface area contributed by atoms with Crippen LogP contribution in [0.2, 0.25) is 5.02 Å². The molecule has 0 bridgehead atoms. The van der Waals surface area contributed by atoms with Gasteiger partial charge in [0, 0.05) is 37.6 Å². The number of sulfonamides is 1. The van der Waals surface area contributed by atoms with E-state index in [4.69, 9.17) is 16.3 Å². The molecule has 1 amide bonds. The summed E-state index contributed by atoms with van der Waals surface area (Å²) in [5, 5.41) is 0.448. The summed E-state index contributed by atoms with van der Waals surface area (Å²) in [6.45, 7) is 2.56. The van der Waals surface area contributed by atoms with E-state index < -0.39 is 16.0 Å². The molecule has 1 heterocycles. The third-order valence-corrected chi connectivity index (χ3v) is 7.55. The number of amides is 1. The number of rotatable bonds is 6. The summed E-state index contributed by atoms with van der Waals surface area (Å²) >= 11 is 5.94. The number of likely N-dealkylation sites (tertiary alicyclic amines) is 1. The van der Waals surface area contributed by atoms with Crippen molar-refractivity contribution in [2.45, 2.75) is 37.2 Å². The SMILES string of the molecule is COC(=O)c1ccc(CN(C2CCCN(C(C)=O)C2)S(=O)(=O)c2ccc(Cl)cc2)cc1. The van der Waals surface area contributed by atoms with Crippen LogP contribution >= 0.6 is 11.6 Å². The molecule has 1 unspecified atom stereocenters. The molecule has 31 heavy (non-hydrogen) atoms. The van der Waals surface area contributed by atoms with E-state index in [1.807, 2.05) is 0 Å². The zero-order valence-corrected chi connectivity index (χ0v) is 19.0. The van der Waals surface area contributed by atoms with Gasteiger partial charge < -0.3 is 9.64 Å². The highest BCUT2D eigenvalue weighted by Gasteiger charge is 2.35. The molecular formula is C22H25ClN2O5S. The van der Waals surface area contributed by atoms with Gasteiger partial charge in [-0.05, 0) is 54.8 Å². The minimum Gasteiger partial charge on any atom is -0.465 e. The number of methoxy groups -OCH3 is 1. The van der Waals surface area contributed by atoms with Crippen LogP contribution in [-0.4, -0.2) is 55.7 Å². The number of carbonyl (C=O) groups excluding carboxylic acids is 2. The molecule has 3 rings (SSSR count). The van der Waals surface area contributed by atoms with Crippen LogP contribution in [0.4, 0.5) is 0 Å². The average molecular weight is 465 g/mol. The minimum atomic E-state index is -3.85. The first kappa shape index (κ1) is 23.2. The van der Waals surface area contributed by atoms with Crippen molar-refractivity contribution in [3.05, 3.63) is 64.7 Å². The van der Waals surface area contributed by atoms with Gasteiger partial charge in [0.15, 0.2) is 0 Å². The molecule has 0 radical (unpaired) electrons. The third-order valence-electron chi connectivity index (χ3n) is 5.38. The fraction of sp³-hybridized carbons (Fsp3) is 0.364. The zero-order chi connectivity index (χ0) is 22.6. The summed E-state index contributed by atoms with van der Waals surface area (Å²) in [5.41, 5.74) is 1.11. The van der Waals surface area contributed by atoms with Gasteiger partial charge in [-0.15, -0.1) is 0 Å². The van der Waals surface area contributed by atoms with Gasteiger partial charge in [-0.3, -0.25) is 4.79 Å². The Hall–Kier alpha value is -2.42. The Morgan fingerprint density at radius 1 is 1.13 bits per heavy atom. The monoisotopic (exact) mass is 464 g/mol. The van der Waals surface area contributed by atoms with E-state index in [2.05, 4.69) is 0 Å². The third kappa shape index (κ3) is 5.44. The molecule has 9 heteroatoms. The fourth-order valence-corrected chi connectivity index (χ4v) is 5.43. The number of ether oxygens (including phenoxy) is 1. The minimum absolute atomic E-state index is 0.0732. The average Bonchev–Trinajstić information content (AvgIpc) is 2.77. The number of esters is 1. The molecule has 1 fully saturated rings. The molecule has 1 aliphatic rings. The van der Waals surface area contributed by atoms with Crippen molar-refractivity contribution >= 4 is 33.5 Å². The standard InChI is InChI=1S/C22H25ClN2O5S/c1-16(26)24-13-3-4-20(15-24)25(31(28,29)21-11-9-19(23)10-12-21)14-17-5-7-18(8-6-17)22(27)30-2/h5-12,20H,3-4,13-15H2,1-2H3. The molecule has 1 aliphatic heterocycles. The molecule has 0 aromatic heterocycles. The molecule has 2 aromatic carbocycles. The van der Waals surface area contributed by atoms with Gasteiger partial charge in [-0.1, -0.05) is 23.7 Å². The van der Waals surface area contributed by atoms with Crippen molar-refractivity contribution in [1.29, 1.82) is 0 Å². The van der Waals surface area contributed by atoms with Crippen LogP contribution < -0.4 is 0 Å². The lowest BCUT2D eigenvalue weighted by atomic mass is 10.0. The Labute approximate surface area is 187 Å². The normalized spacial score (nSPS) is 16.9. The van der Waals surface area contributed by atoms with E-state index in [1.165, 1.54) is 30.5 Å². The number of nitrogens with zero attached hydrogens (tertiary/aromatic N) is 2. The lowest BCUT2D eigenvalue weighted by Crippen LogP contribution is -2.50. The van der Waals surface area contributed by atoms with Crippen LogP contribution in [-0.2, 0) is 26.1 Å². The largest absolute Gasteiger partial charge is 0.465 e. The van der Waals surface area contributed by atoms with Crippen LogP contribution in [0.25, 0.3) is 0 Å². The van der Waals surface area contributed by atoms with Crippen molar-refractivity contribution in [2.75, 3.05) is 20.2 Å². The molecule has 2 aromatic rings. The molecule has 166 valence electrons. The van der Waals surface area contributed by atoms with E-state index >= 15 is 0 Å². The lowest BCUT2D eigenvalue weighted by Gasteiger charge is -2.38. The van der Waals surface area contributed by atoms with Crippen molar-refractivity contribution in [3.63, 3.8) is 0 Å². The summed E-state index contributed by atoms with van der Waals surface area (Å²) in [6, 6.07) is 12.3. The van der Waals surface area contributed by atoms with Gasteiger partial charge in [0.2, 0.25) is 15.9 Å². The van der Waals surface area contributed by atoms with Gasteiger partial charge in [0.1, 0.15) is 0 Å². The fourth-order valence-electron chi connectivity index (χ4n) is 3.67. The molecule has 1 saturated heterocycles. The second-order valence-electron chi connectivity index (χ2n) is 7.45. The van der Waals surface area contributed by atoms with Gasteiger partial charge in [0.25, 0.3) is 0 Å². The number of piperidine rings is 1. The topological polar surface area (TPSA) is 84.0 Å². The van der Waals surface area contributed by atoms with E-state index in [-0.39, 0.29) is 23.4 Å². The smallest absolute Gasteiger partial charge is 0.337 e. The molecule has 7 nitrogen and oxygen atoms in total. The van der Waals surface area contributed by atoms with Crippen molar-refractivity contribution in [1.82, 2.24) is 9.21 Å². The number of benzene rings is 2. The Balaban J connectivity index is 1.95. The predicted octanol–water partition coefficient (Wildman–Crippen LogP) is 3.33. The molecular weight excluding hydrogens is 440 g/mol. The zero-order valence-electron chi connectivity index (χ0n) is 17.5. The highest BCUT2D eigenvalue weighted by atomic mass is 35.5. The maximum absolute atomic E-state index is 13.6. The van der Waals surface area contributed by atoms with E-state index in [0.717, 1.165) is 12.0 Å². The Bertz CT molecular complexity index is 1040. The molecule has 0 N–H and O–H groups in total. The number of hydrogen-bond donors (Lipinski definition) is 0. The summed E-state index contributed by atoms with van der Waals surface area (Å²) < 4.78 is 33.3. The van der Waals surface area contributed by atoms with Gasteiger partial charge in [0.05, 0.1) is 17.6 Å². The summed E-state index contributed by atoms with van der Waals surface area (Å²) in [7, 11) is -2.54. The highest BCUT2D eigenvalue weighted by Crippen LogP contribution is 2.27. The first-order chi connectivity index (χ1) is 14.7. The van der Waals surface area contributed by atoms with Crippen LogP contribution in [0.1, 0.15) is 35.7 Å². The maximum atomic E-state index is 13.6. The quantitative estimate of drug-likeness (QED) is 0.612. The molecule has 0 spiro atoms. The Morgan fingerprint density at radius 3 is 2.35 bits per heavy atom. The predicted molar refractivity (Wildman–Crippen MR) is 117 cm³/mol. The van der Waals surface area contributed by atoms with Crippen molar-refractivity contribution in [2.24, 2.45) is 0 Å². The van der Waals surface area contributed by atoms with E-state index in [9.17, 15) is 18.0 Å². The van der Waals surface area contributed by atoms with E-state index in [1.54, 1.807) is 41.3 Å². The maximum Gasteiger partial charge on any atom is 0.337 e. The second-order valence-corrected chi connectivity index (χ2v) is 9.78. The number of hydrogen-bond acceptors (Lipinski definition) is 5. The van der Waals surface area contributed by atoms with Gasteiger partial charge >= 0.3 is 5.97 Å².